The molecule has 0 amide bonds. The lowest BCUT2D eigenvalue weighted by Gasteiger charge is -2.30. The molecule has 2 atom stereocenters. The van der Waals surface area contributed by atoms with Crippen molar-refractivity contribution in [1.82, 2.24) is 14.9 Å². The van der Waals surface area contributed by atoms with Gasteiger partial charge in [0, 0.05) is 12.1 Å². The van der Waals surface area contributed by atoms with Gasteiger partial charge in [0.1, 0.15) is 5.82 Å². The van der Waals surface area contributed by atoms with E-state index in [1.165, 1.54) is 18.2 Å². The predicted octanol–water partition coefficient (Wildman–Crippen LogP) is 2.59. The van der Waals surface area contributed by atoms with Gasteiger partial charge < -0.3 is 10.2 Å². The van der Waals surface area contributed by atoms with Crippen LogP contribution in [-0.2, 0) is 0 Å². The van der Waals surface area contributed by atoms with Gasteiger partial charge in [-0.1, -0.05) is 13.3 Å². The smallest absolute Gasteiger partial charge is 0.260 e. The van der Waals surface area contributed by atoms with Crippen LogP contribution < -0.4 is 10.9 Å². The van der Waals surface area contributed by atoms with E-state index in [1.54, 1.807) is 0 Å². The maximum atomic E-state index is 13.2. The molecule has 2 rings (SSSR count). The van der Waals surface area contributed by atoms with Crippen LogP contribution in [0.3, 0.4) is 0 Å². The Morgan fingerprint density at radius 3 is 2.77 bits per heavy atom. The molecule has 1 unspecified atom stereocenters. The summed E-state index contributed by atoms with van der Waals surface area (Å²) in [6.45, 7) is 4.25. The molecule has 0 spiro atoms. The molecule has 1 heterocycles. The van der Waals surface area contributed by atoms with Gasteiger partial charge in [-0.05, 0) is 45.6 Å². The highest BCUT2D eigenvalue weighted by Gasteiger charge is 2.19. The Bertz CT molecular complexity index is 698. The lowest BCUT2D eigenvalue weighted by Crippen LogP contribution is -2.41. The molecule has 0 aliphatic rings. The molecule has 6 heteroatoms. The minimum Gasteiger partial charge on any atom is -0.351 e. The second-order valence-corrected chi connectivity index (χ2v) is 5.82. The van der Waals surface area contributed by atoms with E-state index in [2.05, 4.69) is 34.0 Å². The Labute approximate surface area is 129 Å². The minimum absolute atomic E-state index is 0.168. The molecule has 0 saturated heterocycles. The van der Waals surface area contributed by atoms with Crippen molar-refractivity contribution in [3.05, 3.63) is 34.4 Å². The molecule has 0 aliphatic carbocycles. The van der Waals surface area contributed by atoms with Crippen LogP contribution in [0.4, 0.5) is 10.3 Å². The lowest BCUT2D eigenvalue weighted by molar-refractivity contribution is 0.274. The molecule has 2 aromatic rings. The number of fused-ring (bicyclic) bond motifs is 1. The van der Waals surface area contributed by atoms with Crippen LogP contribution in [0, 0.1) is 5.82 Å². The molecule has 1 aromatic carbocycles. The Morgan fingerprint density at radius 2 is 2.14 bits per heavy atom. The Morgan fingerprint density at radius 1 is 1.41 bits per heavy atom. The van der Waals surface area contributed by atoms with E-state index < -0.39 is 5.82 Å². The quantitative estimate of drug-likeness (QED) is 0.861. The summed E-state index contributed by atoms with van der Waals surface area (Å²) in [5, 5.41) is 3.57. The SMILES string of the molecule is CCC[C@@H](Nc1nc2ccc(F)cc2c(=O)[nH]1)C(C)N(C)C. The first kappa shape index (κ1) is 16.4. The predicted molar refractivity (Wildman–Crippen MR) is 87.8 cm³/mol. The first-order valence-electron chi connectivity index (χ1n) is 7.55. The topological polar surface area (TPSA) is 61.0 Å². The highest BCUT2D eigenvalue weighted by Crippen LogP contribution is 2.14. The number of rotatable bonds is 6. The van der Waals surface area contributed by atoms with Gasteiger partial charge in [0.2, 0.25) is 5.95 Å². The zero-order chi connectivity index (χ0) is 16.3. The van der Waals surface area contributed by atoms with Gasteiger partial charge in [0.05, 0.1) is 10.9 Å². The fourth-order valence-corrected chi connectivity index (χ4v) is 2.46. The van der Waals surface area contributed by atoms with Gasteiger partial charge in [-0.25, -0.2) is 9.37 Å². The third-order valence-electron chi connectivity index (χ3n) is 3.99. The third kappa shape index (κ3) is 3.62. The van der Waals surface area contributed by atoms with E-state index in [0.29, 0.717) is 11.5 Å². The second-order valence-electron chi connectivity index (χ2n) is 5.82. The molecule has 0 bridgehead atoms. The van der Waals surface area contributed by atoms with Crippen LogP contribution in [0.5, 0.6) is 0 Å². The van der Waals surface area contributed by atoms with Crippen LogP contribution in [0.2, 0.25) is 0 Å². The average Bonchev–Trinajstić information content (AvgIpc) is 2.47. The van der Waals surface area contributed by atoms with E-state index in [4.69, 9.17) is 0 Å². The largest absolute Gasteiger partial charge is 0.351 e. The molecule has 0 fully saturated rings. The zero-order valence-electron chi connectivity index (χ0n) is 13.5. The summed E-state index contributed by atoms with van der Waals surface area (Å²) in [4.78, 5) is 21.3. The van der Waals surface area contributed by atoms with Gasteiger partial charge in [0.25, 0.3) is 5.56 Å². The van der Waals surface area contributed by atoms with Crippen LogP contribution in [-0.4, -0.2) is 41.0 Å². The molecular formula is C16H23FN4O. The second kappa shape index (κ2) is 6.87. The fourth-order valence-electron chi connectivity index (χ4n) is 2.46. The Hall–Kier alpha value is -1.95. The first-order valence-corrected chi connectivity index (χ1v) is 7.55. The molecule has 0 saturated carbocycles. The van der Waals surface area contributed by atoms with Crippen LogP contribution in [0.15, 0.2) is 23.0 Å². The van der Waals surface area contributed by atoms with Crippen molar-refractivity contribution in [2.75, 3.05) is 19.4 Å². The summed E-state index contributed by atoms with van der Waals surface area (Å²) in [6.07, 6.45) is 1.99. The summed E-state index contributed by atoms with van der Waals surface area (Å²) >= 11 is 0. The number of nitrogens with one attached hydrogen (secondary N) is 2. The van der Waals surface area contributed by atoms with E-state index >= 15 is 0 Å². The van der Waals surface area contributed by atoms with Gasteiger partial charge >= 0.3 is 0 Å². The van der Waals surface area contributed by atoms with E-state index in [1.807, 2.05) is 14.1 Å². The molecular weight excluding hydrogens is 283 g/mol. The lowest BCUT2D eigenvalue weighted by atomic mass is 10.0. The van der Waals surface area contributed by atoms with E-state index in [9.17, 15) is 9.18 Å². The number of H-pyrrole nitrogens is 1. The highest BCUT2D eigenvalue weighted by atomic mass is 19.1. The standard InChI is InChI=1S/C16H23FN4O/c1-5-6-13(10(2)21(3)4)18-16-19-14-8-7-11(17)9-12(14)15(22)20-16/h7-10,13H,5-6H2,1-4H3,(H2,18,19,20,22)/t10?,13-/m1/s1. The summed E-state index contributed by atoms with van der Waals surface area (Å²) in [5.74, 6) is -0.0122. The number of likely N-dealkylation sites (N-methyl/N-ethyl adjacent to an activating group) is 1. The number of benzene rings is 1. The highest BCUT2D eigenvalue weighted by molar-refractivity contribution is 5.78. The van der Waals surface area contributed by atoms with Crippen molar-refractivity contribution >= 4 is 16.9 Å². The van der Waals surface area contributed by atoms with Crippen molar-refractivity contribution in [2.24, 2.45) is 0 Å². The maximum Gasteiger partial charge on any atom is 0.260 e. The minimum atomic E-state index is -0.439. The number of aromatic amines is 1. The molecule has 120 valence electrons. The van der Waals surface area contributed by atoms with E-state index in [-0.39, 0.29) is 23.0 Å². The Balaban J connectivity index is 2.33. The third-order valence-corrected chi connectivity index (χ3v) is 3.99. The Kier molecular flexibility index (Phi) is 5.13. The van der Waals surface area contributed by atoms with Gasteiger partial charge in [-0.3, -0.25) is 9.78 Å². The number of aromatic nitrogens is 2. The van der Waals surface area contributed by atoms with E-state index in [0.717, 1.165) is 12.8 Å². The van der Waals surface area contributed by atoms with Crippen molar-refractivity contribution in [1.29, 1.82) is 0 Å². The molecule has 5 nitrogen and oxygen atoms in total. The maximum absolute atomic E-state index is 13.2. The van der Waals surface area contributed by atoms with Gasteiger partial charge in [-0.15, -0.1) is 0 Å². The summed E-state index contributed by atoms with van der Waals surface area (Å²) < 4.78 is 13.2. The number of anilines is 1. The van der Waals surface area contributed by atoms with Crippen LogP contribution in [0.25, 0.3) is 10.9 Å². The molecule has 0 radical (unpaired) electrons. The van der Waals surface area contributed by atoms with Crippen molar-refractivity contribution < 1.29 is 4.39 Å². The molecule has 2 N–H and O–H groups in total. The summed E-state index contributed by atoms with van der Waals surface area (Å²) in [6, 6.07) is 4.49. The summed E-state index contributed by atoms with van der Waals surface area (Å²) in [5.41, 5.74) is 0.153. The molecule has 0 aliphatic heterocycles. The van der Waals surface area contributed by atoms with Crippen LogP contribution in [0.1, 0.15) is 26.7 Å². The number of halogens is 1. The molecule has 1 aromatic heterocycles. The van der Waals surface area contributed by atoms with Gasteiger partial charge in [-0.2, -0.15) is 0 Å². The van der Waals surface area contributed by atoms with Crippen molar-refractivity contribution in [3.63, 3.8) is 0 Å². The first-order chi connectivity index (χ1) is 10.4. The average molecular weight is 306 g/mol. The number of hydrogen-bond acceptors (Lipinski definition) is 4. The fraction of sp³-hybridized carbons (Fsp3) is 0.500. The van der Waals surface area contributed by atoms with Crippen molar-refractivity contribution in [2.45, 2.75) is 38.8 Å². The normalized spacial score (nSPS) is 14.3. The monoisotopic (exact) mass is 306 g/mol. The zero-order valence-corrected chi connectivity index (χ0v) is 13.5. The van der Waals surface area contributed by atoms with Crippen LogP contribution >= 0.6 is 0 Å². The molecule has 22 heavy (non-hydrogen) atoms. The van der Waals surface area contributed by atoms with Crippen molar-refractivity contribution in [3.8, 4) is 0 Å². The number of nitrogens with zero attached hydrogens (tertiary/aromatic N) is 2. The summed E-state index contributed by atoms with van der Waals surface area (Å²) in [7, 11) is 4.04. The number of hydrogen-bond donors (Lipinski definition) is 2. The van der Waals surface area contributed by atoms with Gasteiger partial charge in [0.15, 0.2) is 0 Å².